The molecule has 0 saturated carbocycles. The first-order valence-corrected chi connectivity index (χ1v) is 9.28. The van der Waals surface area contributed by atoms with Crippen molar-refractivity contribution in [3.63, 3.8) is 0 Å². The molecule has 12 heavy (non-hydrogen) atoms. The van der Waals surface area contributed by atoms with E-state index in [-0.39, 0.29) is 0 Å². The van der Waals surface area contributed by atoms with E-state index in [1.165, 1.54) is 14.2 Å². The first-order valence-electron chi connectivity index (χ1n) is 3.00. The molecule has 4 nitrogen and oxygen atoms in total. The first-order chi connectivity index (χ1) is 5.83. The molecule has 0 aromatic heterocycles. The van der Waals surface area contributed by atoms with Crippen LogP contribution >= 0.6 is 37.2 Å². The summed E-state index contributed by atoms with van der Waals surface area (Å²) in [4.78, 5) is 8.52. The van der Waals surface area contributed by atoms with Gasteiger partial charge in [-0.1, -0.05) is 0 Å². The highest BCUT2D eigenvalue weighted by molar-refractivity contribution is 15.0. The summed E-state index contributed by atoms with van der Waals surface area (Å²) >= 11 is 4.24. The van der Waals surface area contributed by atoms with Gasteiger partial charge in [-0.05, 0) is 13.8 Å². The fourth-order valence-corrected chi connectivity index (χ4v) is 0.211. The van der Waals surface area contributed by atoms with Gasteiger partial charge in [-0.2, -0.15) is 0 Å². The summed E-state index contributed by atoms with van der Waals surface area (Å²) in [7, 11) is 3.03. The van der Waals surface area contributed by atoms with Crippen molar-refractivity contribution < 1.29 is 9.68 Å². The van der Waals surface area contributed by atoms with Crippen LogP contribution in [-0.4, -0.2) is 26.6 Å². The van der Waals surface area contributed by atoms with Gasteiger partial charge in [0.05, 0.1) is 0 Å². The summed E-state index contributed by atoms with van der Waals surface area (Å²) in [5.41, 5.74) is 0. The highest BCUT2D eigenvalue weighted by Gasteiger charge is 1.47. The molecule has 0 N–H and O–H groups in total. The second kappa shape index (κ2) is 30.1. The van der Waals surface area contributed by atoms with Crippen LogP contribution in [0.2, 0.25) is 0 Å². The van der Waals surface area contributed by atoms with Gasteiger partial charge in [-0.15, -0.1) is 10.3 Å². The van der Waals surface area contributed by atoms with Crippen LogP contribution in [-0.2, 0) is 9.68 Å². The van der Waals surface area contributed by atoms with Crippen molar-refractivity contribution in [2.45, 2.75) is 13.8 Å². The first kappa shape index (κ1) is 18.2. The zero-order valence-corrected chi connectivity index (χ0v) is 11.9. The standard InChI is InChI=1S/2C3H7NO.I2/c2*1-3-4-5-2;1-2/h2*3H,1-2H3;. The van der Waals surface area contributed by atoms with Gasteiger partial charge in [-0.3, -0.25) is 0 Å². The molecule has 0 fully saturated rings. The largest absolute Gasteiger partial charge is 0.399 e. The molecule has 0 saturated heterocycles. The molecule has 0 aromatic rings. The Morgan fingerprint density at radius 1 is 0.917 bits per heavy atom. The minimum absolute atomic E-state index is 1.51. The molecule has 0 aromatic carbocycles. The monoisotopic (exact) mass is 400 g/mol. The zero-order chi connectivity index (χ0) is 10.2. The molecule has 0 aliphatic carbocycles. The molecular weight excluding hydrogens is 386 g/mol. The van der Waals surface area contributed by atoms with E-state index >= 15 is 0 Å². The summed E-state index contributed by atoms with van der Waals surface area (Å²) in [6.07, 6.45) is 3.17. The number of nitrogens with zero attached hydrogens (tertiary/aromatic N) is 2. The topological polar surface area (TPSA) is 43.2 Å². The fraction of sp³-hybridized carbons (Fsp3) is 0.667. The van der Waals surface area contributed by atoms with Crippen LogP contribution in [0.25, 0.3) is 0 Å². The lowest BCUT2D eigenvalue weighted by atomic mass is 10.9. The zero-order valence-electron chi connectivity index (χ0n) is 7.62. The molecule has 0 heterocycles. The SMILES string of the molecule is CC=NOC.CC=NOC.II. The van der Waals surface area contributed by atoms with Crippen molar-refractivity contribution in [3.05, 3.63) is 0 Å². The lowest BCUT2D eigenvalue weighted by Crippen LogP contribution is -1.63. The van der Waals surface area contributed by atoms with Gasteiger partial charge in [0.1, 0.15) is 14.2 Å². The lowest BCUT2D eigenvalue weighted by Gasteiger charge is -1.75. The Bertz CT molecular complexity index is 87.5. The van der Waals surface area contributed by atoms with Crippen LogP contribution < -0.4 is 0 Å². The molecule has 74 valence electrons. The Balaban J connectivity index is -0.000000112. The minimum Gasteiger partial charge on any atom is -0.399 e. The Morgan fingerprint density at radius 3 is 1.17 bits per heavy atom. The van der Waals surface area contributed by atoms with Crippen molar-refractivity contribution in [2.75, 3.05) is 14.2 Å². The molecular formula is C6H14I2N2O2. The van der Waals surface area contributed by atoms with E-state index in [2.05, 4.69) is 57.2 Å². The Hall–Kier alpha value is 0.400. The molecule has 0 bridgehead atoms. The van der Waals surface area contributed by atoms with E-state index in [0.717, 1.165) is 0 Å². The van der Waals surface area contributed by atoms with E-state index in [1.54, 1.807) is 26.3 Å². The lowest BCUT2D eigenvalue weighted by molar-refractivity contribution is 0.215. The van der Waals surface area contributed by atoms with E-state index in [9.17, 15) is 0 Å². The van der Waals surface area contributed by atoms with Crippen molar-refractivity contribution in [1.29, 1.82) is 0 Å². The maximum atomic E-state index is 4.26. The van der Waals surface area contributed by atoms with Crippen LogP contribution in [0.5, 0.6) is 0 Å². The predicted molar refractivity (Wildman–Crippen MR) is 70.4 cm³/mol. The maximum absolute atomic E-state index is 4.26. The van der Waals surface area contributed by atoms with Gasteiger partial charge in [-0.25, -0.2) is 0 Å². The average Bonchev–Trinajstić information content (AvgIpc) is 2.12. The van der Waals surface area contributed by atoms with E-state index in [4.69, 9.17) is 0 Å². The van der Waals surface area contributed by atoms with Crippen LogP contribution in [0.3, 0.4) is 0 Å². The number of rotatable bonds is 2. The van der Waals surface area contributed by atoms with E-state index in [0.29, 0.717) is 0 Å². The van der Waals surface area contributed by atoms with Crippen LogP contribution in [0.15, 0.2) is 10.3 Å². The maximum Gasteiger partial charge on any atom is 0.106 e. The molecule has 0 aliphatic heterocycles. The summed E-state index contributed by atoms with van der Waals surface area (Å²) in [5, 5.41) is 6.69. The third kappa shape index (κ3) is 47.5. The van der Waals surface area contributed by atoms with Gasteiger partial charge in [0.2, 0.25) is 0 Å². The smallest absolute Gasteiger partial charge is 0.106 e. The number of oxime groups is 2. The third-order valence-corrected chi connectivity index (χ3v) is 0.422. The summed E-state index contributed by atoms with van der Waals surface area (Å²) in [5.74, 6) is 0. The van der Waals surface area contributed by atoms with E-state index < -0.39 is 0 Å². The number of halogens is 2. The molecule has 0 spiro atoms. The molecule has 0 radical (unpaired) electrons. The van der Waals surface area contributed by atoms with Crippen molar-refractivity contribution in [2.24, 2.45) is 10.3 Å². The van der Waals surface area contributed by atoms with Gasteiger partial charge < -0.3 is 9.68 Å². The summed E-state index contributed by atoms with van der Waals surface area (Å²) in [6.45, 7) is 3.59. The molecule has 0 unspecified atom stereocenters. The molecule has 6 heteroatoms. The van der Waals surface area contributed by atoms with Crippen LogP contribution in [0.4, 0.5) is 0 Å². The Labute approximate surface area is 97.1 Å². The van der Waals surface area contributed by atoms with Gasteiger partial charge in [0, 0.05) is 49.7 Å². The van der Waals surface area contributed by atoms with Gasteiger partial charge >= 0.3 is 0 Å². The van der Waals surface area contributed by atoms with Gasteiger partial charge in [0.25, 0.3) is 0 Å². The second-order valence-electron chi connectivity index (χ2n) is 1.09. The van der Waals surface area contributed by atoms with Crippen LogP contribution in [0, 0.1) is 0 Å². The highest BCUT2D eigenvalue weighted by atomic mass is 128. The summed E-state index contributed by atoms with van der Waals surface area (Å²) < 4.78 is 0. The van der Waals surface area contributed by atoms with Crippen molar-refractivity contribution >= 4 is 49.7 Å². The second-order valence-corrected chi connectivity index (χ2v) is 1.09. The fourth-order valence-electron chi connectivity index (χ4n) is 0.211. The molecule has 0 amide bonds. The average molecular weight is 400 g/mol. The minimum atomic E-state index is 1.51. The van der Waals surface area contributed by atoms with Crippen LogP contribution in [0.1, 0.15) is 13.8 Å². The normalized spacial score (nSPS) is 8.17. The third-order valence-electron chi connectivity index (χ3n) is 0.422. The Kier molecular flexibility index (Phi) is 45.8. The summed E-state index contributed by atoms with van der Waals surface area (Å²) in [6, 6.07) is 0. The Morgan fingerprint density at radius 2 is 1.17 bits per heavy atom. The number of hydrogen-bond donors (Lipinski definition) is 0. The van der Waals surface area contributed by atoms with Gasteiger partial charge in [0.15, 0.2) is 0 Å². The van der Waals surface area contributed by atoms with E-state index in [1.807, 2.05) is 0 Å². The molecule has 0 aliphatic rings. The quantitative estimate of drug-likeness (QED) is 0.407. The molecule has 0 atom stereocenters. The predicted octanol–water partition coefficient (Wildman–Crippen LogP) is 3.05. The van der Waals surface area contributed by atoms with Crippen molar-refractivity contribution in [1.82, 2.24) is 0 Å². The number of hydrogen-bond acceptors (Lipinski definition) is 4. The highest BCUT2D eigenvalue weighted by Crippen LogP contribution is 1.89. The molecule has 0 rings (SSSR count). The van der Waals surface area contributed by atoms with Crippen molar-refractivity contribution in [3.8, 4) is 0 Å².